The maximum atomic E-state index is 12.9. The lowest BCUT2D eigenvalue weighted by Gasteiger charge is -2.35. The summed E-state index contributed by atoms with van der Waals surface area (Å²) in [6.45, 7) is 2.93. The quantitative estimate of drug-likeness (QED) is 0.248. The van der Waals surface area contributed by atoms with Crippen LogP contribution in [0, 0.1) is 0 Å². The predicted octanol–water partition coefficient (Wildman–Crippen LogP) is 4.58. The van der Waals surface area contributed by atoms with Crippen LogP contribution in [0.15, 0.2) is 85.5 Å². The summed E-state index contributed by atoms with van der Waals surface area (Å²) in [6, 6.07) is 22.3. The van der Waals surface area contributed by atoms with Gasteiger partial charge in [-0.2, -0.15) is 9.40 Å². The zero-order valence-corrected chi connectivity index (χ0v) is 25.6. The Morgan fingerprint density at radius 2 is 1.74 bits per heavy atom. The van der Waals surface area contributed by atoms with Crippen LogP contribution in [0.2, 0.25) is 10.0 Å². The van der Waals surface area contributed by atoms with Crippen molar-refractivity contribution in [3.8, 4) is 5.75 Å². The van der Waals surface area contributed by atoms with E-state index in [1.165, 1.54) is 6.33 Å². The number of ether oxygens (including phenoxy) is 3. The Bertz CT molecular complexity index is 1620. The molecule has 0 bridgehead atoms. The largest absolute Gasteiger partial charge is 0.491 e. The van der Waals surface area contributed by atoms with Crippen molar-refractivity contribution in [2.45, 2.75) is 24.2 Å². The highest BCUT2D eigenvalue weighted by Gasteiger charge is 2.45. The van der Waals surface area contributed by atoms with Gasteiger partial charge in [0.1, 0.15) is 37.7 Å². The van der Waals surface area contributed by atoms with Gasteiger partial charge >= 0.3 is 0 Å². The third-order valence-corrected chi connectivity index (χ3v) is 9.90. The fourth-order valence-corrected chi connectivity index (χ4v) is 7.39. The average Bonchev–Trinajstić information content (AvgIpc) is 3.67. The molecule has 3 aromatic carbocycles. The number of piperazine rings is 1. The van der Waals surface area contributed by atoms with Gasteiger partial charge in [0.25, 0.3) is 0 Å². The summed E-state index contributed by atoms with van der Waals surface area (Å²) < 4.78 is 47.7. The van der Waals surface area contributed by atoms with E-state index in [9.17, 15) is 8.42 Å². The summed E-state index contributed by atoms with van der Waals surface area (Å²) in [5.74, 6) is -0.469. The molecule has 0 N–H and O–H groups in total. The van der Waals surface area contributed by atoms with Crippen LogP contribution in [-0.4, -0.2) is 73.0 Å². The second kappa shape index (κ2) is 12.8. The van der Waals surface area contributed by atoms with E-state index in [-0.39, 0.29) is 25.0 Å². The Morgan fingerprint density at radius 1 is 0.977 bits per heavy atom. The van der Waals surface area contributed by atoms with Crippen LogP contribution in [0.3, 0.4) is 0 Å². The lowest BCUT2D eigenvalue weighted by atomic mass is 10.1. The molecule has 13 heteroatoms. The van der Waals surface area contributed by atoms with E-state index < -0.39 is 15.8 Å². The summed E-state index contributed by atoms with van der Waals surface area (Å²) >= 11 is 12.7. The molecule has 0 radical (unpaired) electrons. The molecule has 3 heterocycles. The molecule has 0 aliphatic carbocycles. The first-order valence-corrected chi connectivity index (χ1v) is 16.3. The van der Waals surface area contributed by atoms with Gasteiger partial charge in [0.2, 0.25) is 15.8 Å². The maximum absolute atomic E-state index is 12.9. The van der Waals surface area contributed by atoms with Crippen molar-refractivity contribution in [2.75, 3.05) is 44.3 Å². The van der Waals surface area contributed by atoms with Gasteiger partial charge in [-0.3, -0.25) is 0 Å². The summed E-state index contributed by atoms with van der Waals surface area (Å²) in [4.78, 5) is 6.20. The number of aromatic nitrogens is 3. The zero-order valence-electron chi connectivity index (χ0n) is 23.3. The number of nitrogens with zero attached hydrogens (tertiary/aromatic N) is 5. The Balaban J connectivity index is 1.04. The van der Waals surface area contributed by atoms with Gasteiger partial charge in [0, 0.05) is 42.5 Å². The first kappa shape index (κ1) is 29.9. The molecule has 2 saturated heterocycles. The molecule has 0 spiro atoms. The Labute approximate surface area is 260 Å². The first-order chi connectivity index (χ1) is 20.8. The third-order valence-electron chi connectivity index (χ3n) is 7.50. The lowest BCUT2D eigenvalue weighted by Crippen LogP contribution is -2.49. The van der Waals surface area contributed by atoms with Crippen LogP contribution in [0.4, 0.5) is 5.69 Å². The summed E-state index contributed by atoms with van der Waals surface area (Å²) in [5.41, 5.74) is 2.45. The molecule has 4 aromatic rings. The number of rotatable bonds is 10. The van der Waals surface area contributed by atoms with Crippen LogP contribution in [0.1, 0.15) is 11.1 Å². The third kappa shape index (κ3) is 6.98. The molecule has 2 atom stereocenters. The number of hydrogen-bond acceptors (Lipinski definition) is 8. The van der Waals surface area contributed by atoms with E-state index in [0.29, 0.717) is 54.1 Å². The molecule has 0 saturated carbocycles. The molecule has 6 rings (SSSR count). The van der Waals surface area contributed by atoms with Crippen LogP contribution in [0.5, 0.6) is 5.75 Å². The molecular weight excluding hydrogens is 613 g/mol. The van der Waals surface area contributed by atoms with Crippen LogP contribution in [0.25, 0.3) is 0 Å². The first-order valence-electron chi connectivity index (χ1n) is 13.9. The van der Waals surface area contributed by atoms with E-state index >= 15 is 0 Å². The van der Waals surface area contributed by atoms with Crippen molar-refractivity contribution in [3.63, 3.8) is 0 Å². The number of hydrogen-bond donors (Lipinski definition) is 0. The van der Waals surface area contributed by atoms with E-state index in [1.807, 2.05) is 54.6 Å². The topological polar surface area (TPSA) is 99.0 Å². The predicted molar refractivity (Wildman–Crippen MR) is 164 cm³/mol. The Hall–Kier alpha value is -3.19. The van der Waals surface area contributed by atoms with Crippen molar-refractivity contribution in [1.29, 1.82) is 0 Å². The number of benzene rings is 3. The molecule has 1 aromatic heterocycles. The van der Waals surface area contributed by atoms with Gasteiger partial charge < -0.3 is 19.1 Å². The summed E-state index contributed by atoms with van der Waals surface area (Å²) in [5, 5.41) is 5.15. The smallest absolute Gasteiger partial charge is 0.218 e. The normalized spacial score (nSPS) is 21.3. The highest BCUT2D eigenvalue weighted by Crippen LogP contribution is 2.40. The minimum atomic E-state index is -3.37. The maximum Gasteiger partial charge on any atom is 0.218 e. The standard InChI is InChI=1S/C30H31Cl2N5O5S/c31-24-6-11-28(29(32)16-24)30(20-36-22-33-21-34-36)41-18-27(42-30)17-40-26-9-7-25(8-10-26)35-12-14-37(15-13-35)43(38,39)19-23-4-2-1-3-5-23/h1-11,16,21-22,27H,12-15,17-20H2. The van der Waals surface area contributed by atoms with Crippen molar-refractivity contribution in [1.82, 2.24) is 19.1 Å². The van der Waals surface area contributed by atoms with Crippen molar-refractivity contribution in [2.24, 2.45) is 0 Å². The highest BCUT2D eigenvalue weighted by molar-refractivity contribution is 7.88. The molecular formula is C30H31Cl2N5O5S. The number of anilines is 1. The fourth-order valence-electron chi connectivity index (χ4n) is 5.33. The monoisotopic (exact) mass is 643 g/mol. The molecule has 2 aliphatic rings. The highest BCUT2D eigenvalue weighted by atomic mass is 35.5. The summed E-state index contributed by atoms with van der Waals surface area (Å²) in [7, 11) is -3.37. The second-order valence-electron chi connectivity index (χ2n) is 10.5. The van der Waals surface area contributed by atoms with Crippen molar-refractivity contribution >= 4 is 38.9 Å². The molecule has 43 heavy (non-hydrogen) atoms. The van der Waals surface area contributed by atoms with E-state index in [4.69, 9.17) is 37.4 Å². The van der Waals surface area contributed by atoms with Gasteiger partial charge in [0.05, 0.1) is 17.4 Å². The SMILES string of the molecule is O=S(=O)(Cc1ccccc1)N1CCN(c2ccc(OCC3COC(Cn4cncn4)(c4ccc(Cl)cc4Cl)O3)cc2)CC1. The van der Waals surface area contributed by atoms with Gasteiger partial charge in [-0.15, -0.1) is 0 Å². The minimum Gasteiger partial charge on any atom is -0.491 e. The molecule has 2 unspecified atom stereocenters. The van der Waals surface area contributed by atoms with Crippen LogP contribution >= 0.6 is 23.2 Å². The van der Waals surface area contributed by atoms with E-state index in [0.717, 1.165) is 11.3 Å². The lowest BCUT2D eigenvalue weighted by molar-refractivity contribution is -0.190. The van der Waals surface area contributed by atoms with E-state index in [2.05, 4.69) is 15.0 Å². The summed E-state index contributed by atoms with van der Waals surface area (Å²) in [6.07, 6.45) is 2.68. The minimum absolute atomic E-state index is 0.0178. The Kier molecular flexibility index (Phi) is 8.90. The number of halogens is 2. The van der Waals surface area contributed by atoms with Crippen LogP contribution < -0.4 is 9.64 Å². The molecule has 226 valence electrons. The molecule has 2 aliphatic heterocycles. The van der Waals surface area contributed by atoms with Crippen molar-refractivity contribution in [3.05, 3.63) is 107 Å². The van der Waals surface area contributed by atoms with Gasteiger partial charge in [-0.25, -0.2) is 18.1 Å². The van der Waals surface area contributed by atoms with Gasteiger partial charge in [-0.05, 0) is 42.0 Å². The van der Waals surface area contributed by atoms with Crippen molar-refractivity contribution < 1.29 is 22.6 Å². The fraction of sp³-hybridized carbons (Fsp3) is 0.333. The molecule has 0 amide bonds. The molecule has 10 nitrogen and oxygen atoms in total. The Morgan fingerprint density at radius 3 is 2.44 bits per heavy atom. The zero-order chi connectivity index (χ0) is 29.9. The van der Waals surface area contributed by atoms with Gasteiger partial charge in [-0.1, -0.05) is 59.6 Å². The second-order valence-corrected chi connectivity index (χ2v) is 13.3. The average molecular weight is 645 g/mol. The van der Waals surface area contributed by atoms with Gasteiger partial charge in [0.15, 0.2) is 0 Å². The molecule has 2 fully saturated rings. The van der Waals surface area contributed by atoms with E-state index in [1.54, 1.807) is 33.5 Å². The van der Waals surface area contributed by atoms with Crippen LogP contribution in [-0.2, 0) is 37.6 Å². The number of sulfonamides is 1.